The molecule has 0 aliphatic heterocycles. The Morgan fingerprint density at radius 1 is 0.760 bits per heavy atom. The van der Waals surface area contributed by atoms with Crippen molar-refractivity contribution in [3.05, 3.63) is 70.0 Å². The van der Waals surface area contributed by atoms with Gasteiger partial charge in [-0.3, -0.25) is 0 Å². The summed E-state index contributed by atoms with van der Waals surface area (Å²) in [6.07, 6.45) is -1.66. The van der Waals surface area contributed by atoms with Crippen LogP contribution >= 0.6 is 23.2 Å². The minimum absolute atomic E-state index is 0.162. The lowest BCUT2D eigenvalue weighted by Crippen LogP contribution is -2.21. The molecule has 0 amide bonds. The lowest BCUT2D eigenvalue weighted by molar-refractivity contribution is -0.140. The third-order valence-corrected chi connectivity index (χ3v) is 4.77. The number of aromatic amines is 2. The predicted octanol–water partition coefficient (Wildman–Crippen LogP) is 6.65. The third kappa shape index (κ3) is 2.77. The molecule has 7 heteroatoms. The number of alkyl halides is 3. The Kier molecular flexibility index (Phi) is 3.74. The number of aromatic nitrogens is 2. The number of nitrogens with one attached hydrogen (secondary N) is 2. The van der Waals surface area contributed by atoms with Crippen LogP contribution in [-0.4, -0.2) is 16.1 Å². The average molecular weight is 383 g/mol. The fourth-order valence-corrected chi connectivity index (χ4v) is 3.58. The molecular formula is C18H11Cl2F3N2. The van der Waals surface area contributed by atoms with Crippen molar-refractivity contribution >= 4 is 45.0 Å². The van der Waals surface area contributed by atoms with Gasteiger partial charge in [-0.2, -0.15) is 13.2 Å². The smallest absolute Gasteiger partial charge is 0.361 e. The largest absolute Gasteiger partial charge is 0.399 e. The highest BCUT2D eigenvalue weighted by Gasteiger charge is 2.44. The van der Waals surface area contributed by atoms with Crippen LogP contribution in [0.4, 0.5) is 13.2 Å². The first-order chi connectivity index (χ1) is 11.8. The Hall–Kier alpha value is -2.11. The van der Waals surface area contributed by atoms with E-state index in [0.29, 0.717) is 31.9 Å². The monoisotopic (exact) mass is 382 g/mol. The molecule has 0 unspecified atom stereocenters. The van der Waals surface area contributed by atoms with Gasteiger partial charge in [0.05, 0.1) is 0 Å². The number of H-pyrrole nitrogens is 2. The standard InChI is InChI=1S/C18H11Cl2F3N2/c19-9-1-3-11-13(7-24-15(11)5-9)17(18(21,22)23)14-8-25-16-6-10(20)2-4-12(14)16/h1-8,17,24-25H. The second kappa shape index (κ2) is 5.71. The van der Waals surface area contributed by atoms with E-state index in [1.54, 1.807) is 36.4 Å². The number of rotatable bonds is 2. The molecule has 0 spiro atoms. The van der Waals surface area contributed by atoms with Crippen molar-refractivity contribution in [3.63, 3.8) is 0 Å². The summed E-state index contributed by atoms with van der Waals surface area (Å²) < 4.78 is 41.9. The van der Waals surface area contributed by atoms with E-state index >= 15 is 0 Å². The Balaban J connectivity index is 1.97. The van der Waals surface area contributed by atoms with E-state index in [1.165, 1.54) is 12.4 Å². The van der Waals surface area contributed by atoms with Crippen molar-refractivity contribution in [2.24, 2.45) is 0 Å². The zero-order valence-electron chi connectivity index (χ0n) is 12.6. The summed E-state index contributed by atoms with van der Waals surface area (Å²) in [7, 11) is 0. The lowest BCUT2D eigenvalue weighted by atomic mass is 9.90. The van der Waals surface area contributed by atoms with Crippen molar-refractivity contribution in [1.82, 2.24) is 9.97 Å². The zero-order valence-corrected chi connectivity index (χ0v) is 14.1. The minimum atomic E-state index is -4.45. The first kappa shape index (κ1) is 16.4. The quantitative estimate of drug-likeness (QED) is 0.388. The maximum absolute atomic E-state index is 14.0. The van der Waals surface area contributed by atoms with Crippen LogP contribution in [0.2, 0.25) is 10.0 Å². The molecule has 25 heavy (non-hydrogen) atoms. The molecule has 0 saturated heterocycles. The molecule has 0 saturated carbocycles. The number of benzene rings is 2. The second-order valence-corrected chi connectivity index (χ2v) is 6.72. The van der Waals surface area contributed by atoms with Gasteiger partial charge >= 0.3 is 6.18 Å². The molecule has 2 nitrogen and oxygen atoms in total. The van der Waals surface area contributed by atoms with Gasteiger partial charge < -0.3 is 9.97 Å². The van der Waals surface area contributed by atoms with Gasteiger partial charge in [0.2, 0.25) is 0 Å². The van der Waals surface area contributed by atoms with E-state index in [9.17, 15) is 13.2 Å². The van der Waals surface area contributed by atoms with Crippen molar-refractivity contribution < 1.29 is 13.2 Å². The van der Waals surface area contributed by atoms with Crippen molar-refractivity contribution in [3.8, 4) is 0 Å². The molecule has 0 atom stereocenters. The molecule has 0 bridgehead atoms. The fraction of sp³-hybridized carbons (Fsp3) is 0.111. The summed E-state index contributed by atoms with van der Waals surface area (Å²) in [6, 6.07) is 9.61. The van der Waals surface area contributed by atoms with E-state index in [1.807, 2.05) is 0 Å². The Bertz CT molecular complexity index is 999. The molecular weight excluding hydrogens is 372 g/mol. The van der Waals surface area contributed by atoms with Gasteiger partial charge in [0, 0.05) is 44.2 Å². The molecule has 2 aromatic heterocycles. The highest BCUT2D eigenvalue weighted by Crippen LogP contribution is 2.45. The van der Waals surface area contributed by atoms with Crippen LogP contribution < -0.4 is 0 Å². The summed E-state index contributed by atoms with van der Waals surface area (Å²) in [5, 5.41) is 1.92. The number of fused-ring (bicyclic) bond motifs is 2. The third-order valence-electron chi connectivity index (χ3n) is 4.30. The summed E-state index contributed by atoms with van der Waals surface area (Å²) in [5.41, 5.74) is 1.46. The molecule has 2 heterocycles. The normalized spacial score (nSPS) is 12.6. The highest BCUT2D eigenvalue weighted by atomic mass is 35.5. The van der Waals surface area contributed by atoms with Crippen molar-refractivity contribution in [2.75, 3.05) is 0 Å². The van der Waals surface area contributed by atoms with Gasteiger partial charge in [0.25, 0.3) is 0 Å². The summed E-state index contributed by atoms with van der Waals surface area (Å²) in [5.74, 6) is -1.77. The topological polar surface area (TPSA) is 31.6 Å². The number of halogens is 5. The molecule has 0 aliphatic rings. The molecule has 4 aromatic rings. The first-order valence-corrected chi connectivity index (χ1v) is 8.20. The van der Waals surface area contributed by atoms with Gasteiger partial charge in [0.15, 0.2) is 0 Å². The maximum Gasteiger partial charge on any atom is 0.399 e. The van der Waals surface area contributed by atoms with Gasteiger partial charge in [-0.1, -0.05) is 35.3 Å². The summed E-state index contributed by atoms with van der Waals surface area (Å²) >= 11 is 11.9. The van der Waals surface area contributed by atoms with Gasteiger partial charge in [-0.25, -0.2) is 0 Å². The molecule has 4 rings (SSSR count). The molecule has 128 valence electrons. The van der Waals surface area contributed by atoms with Crippen LogP contribution in [0.1, 0.15) is 17.0 Å². The van der Waals surface area contributed by atoms with E-state index in [0.717, 1.165) is 0 Å². The van der Waals surface area contributed by atoms with Crippen LogP contribution in [0, 0.1) is 0 Å². The van der Waals surface area contributed by atoms with Crippen molar-refractivity contribution in [1.29, 1.82) is 0 Å². The van der Waals surface area contributed by atoms with Crippen LogP contribution in [0.3, 0.4) is 0 Å². The maximum atomic E-state index is 14.0. The molecule has 2 aromatic carbocycles. The van der Waals surface area contributed by atoms with Crippen LogP contribution in [-0.2, 0) is 0 Å². The lowest BCUT2D eigenvalue weighted by Gasteiger charge is -2.20. The van der Waals surface area contributed by atoms with Gasteiger partial charge in [-0.15, -0.1) is 0 Å². The van der Waals surface area contributed by atoms with Crippen molar-refractivity contribution in [2.45, 2.75) is 12.1 Å². The van der Waals surface area contributed by atoms with E-state index in [4.69, 9.17) is 23.2 Å². The second-order valence-electron chi connectivity index (χ2n) is 5.84. The predicted molar refractivity (Wildman–Crippen MR) is 94.5 cm³/mol. The fourth-order valence-electron chi connectivity index (χ4n) is 3.24. The number of hydrogen-bond donors (Lipinski definition) is 2. The average Bonchev–Trinajstić information content (AvgIpc) is 3.11. The molecule has 0 fully saturated rings. The van der Waals surface area contributed by atoms with Crippen LogP contribution in [0.15, 0.2) is 48.8 Å². The summed E-state index contributed by atoms with van der Waals surface area (Å²) in [4.78, 5) is 5.77. The Morgan fingerprint density at radius 2 is 1.20 bits per heavy atom. The highest BCUT2D eigenvalue weighted by molar-refractivity contribution is 6.31. The SMILES string of the molecule is FC(F)(F)C(c1c[nH]c2cc(Cl)ccc12)c1c[nH]c2cc(Cl)ccc12. The molecule has 0 aliphatic carbocycles. The van der Waals surface area contributed by atoms with E-state index < -0.39 is 12.1 Å². The Morgan fingerprint density at radius 3 is 1.60 bits per heavy atom. The van der Waals surface area contributed by atoms with Crippen LogP contribution in [0.5, 0.6) is 0 Å². The summed E-state index contributed by atoms with van der Waals surface area (Å²) in [6.45, 7) is 0. The molecule has 0 radical (unpaired) electrons. The van der Waals surface area contributed by atoms with E-state index in [2.05, 4.69) is 9.97 Å². The first-order valence-electron chi connectivity index (χ1n) is 7.44. The molecule has 2 N–H and O–H groups in total. The van der Waals surface area contributed by atoms with Crippen LogP contribution in [0.25, 0.3) is 21.8 Å². The van der Waals surface area contributed by atoms with E-state index in [-0.39, 0.29) is 11.1 Å². The minimum Gasteiger partial charge on any atom is -0.361 e. The Labute approximate surface area is 150 Å². The van der Waals surface area contributed by atoms with Gasteiger partial charge in [0.1, 0.15) is 5.92 Å². The number of hydrogen-bond acceptors (Lipinski definition) is 0. The van der Waals surface area contributed by atoms with Gasteiger partial charge in [-0.05, 0) is 35.4 Å². The zero-order chi connectivity index (χ0) is 17.8.